The van der Waals surface area contributed by atoms with E-state index in [1.165, 1.54) is 0 Å². The van der Waals surface area contributed by atoms with Crippen LogP contribution in [0.4, 0.5) is 0 Å². The zero-order valence-electron chi connectivity index (χ0n) is 16.6. The van der Waals surface area contributed by atoms with Crippen LogP contribution in [0.5, 0.6) is 0 Å². The minimum Gasteiger partial charge on any atom is -0.445 e. The van der Waals surface area contributed by atoms with Crippen LogP contribution in [0.1, 0.15) is 69.7 Å². The van der Waals surface area contributed by atoms with Crippen molar-refractivity contribution in [2.24, 2.45) is 0 Å². The number of benzene rings is 1. The molecule has 1 aromatic heterocycles. The van der Waals surface area contributed by atoms with Gasteiger partial charge in [0.05, 0.1) is 0 Å². The number of rotatable bonds is 3. The Bertz CT molecular complexity index is 875. The van der Waals surface area contributed by atoms with Gasteiger partial charge in [0.2, 0.25) is 0 Å². The Labute approximate surface area is 165 Å². The first kappa shape index (κ1) is 18.7. The summed E-state index contributed by atoms with van der Waals surface area (Å²) in [5.41, 5.74) is 2.28. The third kappa shape index (κ3) is 3.68. The lowest BCUT2D eigenvalue weighted by Gasteiger charge is -2.30. The molecule has 6 nitrogen and oxygen atoms in total. The van der Waals surface area contributed by atoms with Crippen LogP contribution in [0.2, 0.25) is 0 Å². The smallest absolute Gasteiger partial charge is 0.276 e. The minimum atomic E-state index is -0.0166. The number of hydrogen-bond donors (Lipinski definition) is 0. The Hall–Kier alpha value is -2.63. The highest BCUT2D eigenvalue weighted by Crippen LogP contribution is 2.30. The summed E-state index contributed by atoms with van der Waals surface area (Å²) < 4.78 is 5.87. The van der Waals surface area contributed by atoms with Gasteiger partial charge in [0.25, 0.3) is 11.8 Å². The van der Waals surface area contributed by atoms with Crippen molar-refractivity contribution in [3.05, 3.63) is 52.7 Å². The molecule has 0 unspecified atom stereocenters. The second kappa shape index (κ2) is 7.78. The van der Waals surface area contributed by atoms with E-state index in [2.05, 4.69) is 4.98 Å². The van der Waals surface area contributed by atoms with Gasteiger partial charge in [-0.1, -0.05) is 17.7 Å². The Morgan fingerprint density at radius 1 is 1.00 bits per heavy atom. The number of amides is 2. The number of carbonyl (C=O) groups is 2. The van der Waals surface area contributed by atoms with E-state index >= 15 is 0 Å². The van der Waals surface area contributed by atoms with Crippen LogP contribution >= 0.6 is 0 Å². The van der Waals surface area contributed by atoms with Gasteiger partial charge in [-0.05, 0) is 51.7 Å². The van der Waals surface area contributed by atoms with Crippen LogP contribution < -0.4 is 0 Å². The lowest BCUT2D eigenvalue weighted by molar-refractivity contribution is 0.0705. The molecule has 0 saturated carbocycles. The highest BCUT2D eigenvalue weighted by Gasteiger charge is 2.30. The number of aryl methyl sites for hydroxylation is 2. The molecule has 2 fully saturated rings. The number of hydrogen-bond acceptors (Lipinski definition) is 4. The number of oxazole rings is 1. The molecule has 0 N–H and O–H groups in total. The maximum absolute atomic E-state index is 12.7. The molecule has 6 heteroatoms. The van der Waals surface area contributed by atoms with E-state index in [1.807, 2.05) is 47.9 Å². The van der Waals surface area contributed by atoms with E-state index in [9.17, 15) is 9.59 Å². The monoisotopic (exact) mass is 381 g/mol. The fraction of sp³-hybridized carbons (Fsp3) is 0.500. The molecule has 1 aromatic carbocycles. The first-order valence-electron chi connectivity index (χ1n) is 10.2. The zero-order chi connectivity index (χ0) is 19.7. The maximum atomic E-state index is 12.7. The molecule has 0 radical (unpaired) electrons. The van der Waals surface area contributed by atoms with E-state index in [4.69, 9.17) is 4.42 Å². The van der Waals surface area contributed by atoms with Gasteiger partial charge in [0.1, 0.15) is 5.76 Å². The summed E-state index contributed by atoms with van der Waals surface area (Å²) in [5, 5.41) is 0. The molecule has 2 aliphatic heterocycles. The number of aromatic nitrogens is 1. The van der Waals surface area contributed by atoms with Gasteiger partial charge in [-0.3, -0.25) is 9.59 Å². The molecule has 2 saturated heterocycles. The van der Waals surface area contributed by atoms with Gasteiger partial charge >= 0.3 is 0 Å². The summed E-state index contributed by atoms with van der Waals surface area (Å²) in [6.07, 6.45) is 3.72. The van der Waals surface area contributed by atoms with Crippen molar-refractivity contribution in [1.29, 1.82) is 0 Å². The number of nitrogens with zero attached hydrogens (tertiary/aromatic N) is 3. The van der Waals surface area contributed by atoms with E-state index < -0.39 is 0 Å². The van der Waals surface area contributed by atoms with Gasteiger partial charge in [0.15, 0.2) is 11.6 Å². The third-order valence-corrected chi connectivity index (χ3v) is 5.81. The summed E-state index contributed by atoms with van der Waals surface area (Å²) in [5.74, 6) is 1.46. The Balaban J connectivity index is 1.40. The second-order valence-corrected chi connectivity index (χ2v) is 7.89. The molecule has 2 aromatic rings. The summed E-state index contributed by atoms with van der Waals surface area (Å²) in [6, 6.07) is 7.72. The van der Waals surface area contributed by atoms with Crippen molar-refractivity contribution in [3.63, 3.8) is 0 Å². The molecular formula is C22H27N3O3. The van der Waals surface area contributed by atoms with E-state index in [0.717, 1.165) is 49.9 Å². The summed E-state index contributed by atoms with van der Waals surface area (Å²) >= 11 is 0. The molecule has 4 rings (SSSR count). The first-order chi connectivity index (χ1) is 13.5. The molecule has 3 heterocycles. The molecule has 2 aliphatic rings. The quantitative estimate of drug-likeness (QED) is 0.815. The van der Waals surface area contributed by atoms with Gasteiger partial charge in [-0.2, -0.15) is 0 Å². The van der Waals surface area contributed by atoms with E-state index in [1.54, 1.807) is 0 Å². The first-order valence-corrected chi connectivity index (χ1v) is 10.2. The van der Waals surface area contributed by atoms with Crippen molar-refractivity contribution < 1.29 is 14.0 Å². The molecule has 0 bridgehead atoms. The lowest BCUT2D eigenvalue weighted by Crippen LogP contribution is -2.38. The fourth-order valence-electron chi connectivity index (χ4n) is 4.15. The van der Waals surface area contributed by atoms with E-state index in [0.29, 0.717) is 30.4 Å². The second-order valence-electron chi connectivity index (χ2n) is 7.89. The molecule has 2 amide bonds. The van der Waals surface area contributed by atoms with Crippen LogP contribution in [-0.4, -0.2) is 52.8 Å². The molecule has 0 atom stereocenters. The summed E-state index contributed by atoms with van der Waals surface area (Å²) in [7, 11) is 0. The minimum absolute atomic E-state index is 0.0166. The Kier molecular flexibility index (Phi) is 5.20. The van der Waals surface area contributed by atoms with Gasteiger partial charge in [-0.15, -0.1) is 0 Å². The average molecular weight is 381 g/mol. The average Bonchev–Trinajstić information content (AvgIpc) is 3.37. The number of likely N-dealkylation sites (tertiary alicyclic amines) is 2. The Morgan fingerprint density at radius 2 is 1.68 bits per heavy atom. The highest BCUT2D eigenvalue weighted by molar-refractivity contribution is 5.94. The van der Waals surface area contributed by atoms with Crippen molar-refractivity contribution >= 4 is 11.8 Å². The van der Waals surface area contributed by atoms with Crippen LogP contribution in [0.25, 0.3) is 0 Å². The predicted molar refractivity (Wildman–Crippen MR) is 105 cm³/mol. The molecular weight excluding hydrogens is 354 g/mol. The van der Waals surface area contributed by atoms with Crippen LogP contribution in [0, 0.1) is 13.8 Å². The largest absolute Gasteiger partial charge is 0.445 e. The van der Waals surface area contributed by atoms with Crippen LogP contribution in [0.3, 0.4) is 0 Å². The van der Waals surface area contributed by atoms with Crippen molar-refractivity contribution in [1.82, 2.24) is 14.8 Å². The SMILES string of the molecule is Cc1cccc(C(=O)N2CCC(c3nc(C(=O)N4CCCC4)c(C)o3)CC2)c1. The van der Waals surface area contributed by atoms with Crippen LogP contribution in [0.15, 0.2) is 28.7 Å². The third-order valence-electron chi connectivity index (χ3n) is 5.81. The Morgan fingerprint density at radius 3 is 2.36 bits per heavy atom. The number of piperidine rings is 1. The van der Waals surface area contributed by atoms with Crippen molar-refractivity contribution in [2.45, 2.75) is 45.4 Å². The molecule has 148 valence electrons. The standard InChI is InChI=1S/C22H27N3O3/c1-15-6-5-7-18(14-15)21(26)25-12-8-17(9-13-25)20-23-19(16(2)28-20)22(27)24-10-3-4-11-24/h5-7,14,17H,3-4,8-13H2,1-2H3. The topological polar surface area (TPSA) is 66.7 Å². The van der Waals surface area contributed by atoms with Gasteiger partial charge in [0, 0.05) is 37.7 Å². The zero-order valence-corrected chi connectivity index (χ0v) is 16.6. The highest BCUT2D eigenvalue weighted by atomic mass is 16.4. The summed E-state index contributed by atoms with van der Waals surface area (Å²) in [6.45, 7) is 6.77. The van der Waals surface area contributed by atoms with Crippen molar-refractivity contribution in [3.8, 4) is 0 Å². The summed E-state index contributed by atoms with van der Waals surface area (Å²) in [4.78, 5) is 33.7. The van der Waals surface area contributed by atoms with Crippen molar-refractivity contribution in [2.75, 3.05) is 26.2 Å². The van der Waals surface area contributed by atoms with Crippen LogP contribution in [-0.2, 0) is 0 Å². The van der Waals surface area contributed by atoms with E-state index in [-0.39, 0.29) is 17.7 Å². The molecule has 0 aliphatic carbocycles. The van der Waals surface area contributed by atoms with Gasteiger partial charge in [-0.25, -0.2) is 4.98 Å². The fourth-order valence-corrected chi connectivity index (χ4v) is 4.15. The lowest BCUT2D eigenvalue weighted by atomic mass is 9.96. The molecule has 0 spiro atoms. The van der Waals surface area contributed by atoms with Gasteiger partial charge < -0.3 is 14.2 Å². The number of carbonyl (C=O) groups excluding carboxylic acids is 2. The maximum Gasteiger partial charge on any atom is 0.276 e. The predicted octanol–water partition coefficient (Wildman–Crippen LogP) is 3.55. The normalized spacial score (nSPS) is 17.9. The molecule has 28 heavy (non-hydrogen) atoms.